The van der Waals surface area contributed by atoms with Crippen molar-refractivity contribution in [2.24, 2.45) is 13.0 Å². The van der Waals surface area contributed by atoms with Gasteiger partial charge in [0.25, 0.3) is 11.5 Å². The Morgan fingerprint density at radius 3 is 2.56 bits per heavy atom. The molecule has 7 rings (SSSR count). The van der Waals surface area contributed by atoms with E-state index in [2.05, 4.69) is 9.97 Å². The van der Waals surface area contributed by atoms with Crippen molar-refractivity contribution in [1.82, 2.24) is 28.9 Å². The van der Waals surface area contributed by atoms with Crippen LogP contribution >= 0.6 is 0 Å². The standard InChI is InChI=1S/C35H36N6O4/c1-38-16-11-28-31(38)37-23-41(34(28)44)22-35(45)13-18-39(19-14-35)33(43)27-12-17-40(21-29(27)24-6-3-2-4-7-24)32(42)26-9-10-30-25(20-26)8-5-15-36-30/h2-11,15-16,20,23,27,29,45H,12-14,17-19,21-22H2,1H3/t27-,29+/m1/s1. The fraction of sp³-hybridized carbons (Fsp3) is 0.343. The third-order valence-corrected chi connectivity index (χ3v) is 9.62. The number of aliphatic hydroxyl groups is 1. The molecule has 0 aliphatic carbocycles. The number of carbonyl (C=O) groups excluding carboxylic acids is 2. The number of carbonyl (C=O) groups is 2. The number of hydrogen-bond acceptors (Lipinski definition) is 6. The van der Waals surface area contributed by atoms with E-state index in [9.17, 15) is 19.5 Å². The minimum Gasteiger partial charge on any atom is -0.388 e. The van der Waals surface area contributed by atoms with E-state index in [1.54, 1.807) is 23.0 Å². The smallest absolute Gasteiger partial charge is 0.262 e. The third-order valence-electron chi connectivity index (χ3n) is 9.62. The summed E-state index contributed by atoms with van der Waals surface area (Å²) >= 11 is 0. The zero-order chi connectivity index (χ0) is 31.1. The molecule has 0 radical (unpaired) electrons. The first-order chi connectivity index (χ1) is 21.8. The fourth-order valence-electron chi connectivity index (χ4n) is 7.01. The molecule has 2 aromatic carbocycles. The summed E-state index contributed by atoms with van der Waals surface area (Å²) in [5, 5.41) is 12.9. The van der Waals surface area contributed by atoms with Crippen LogP contribution in [0, 0.1) is 5.92 Å². The van der Waals surface area contributed by atoms with Gasteiger partial charge in [-0.1, -0.05) is 36.4 Å². The van der Waals surface area contributed by atoms with Crippen molar-refractivity contribution in [3.8, 4) is 0 Å². The van der Waals surface area contributed by atoms with Crippen LogP contribution in [-0.2, 0) is 18.4 Å². The molecule has 0 saturated carbocycles. The molecular formula is C35H36N6O4. The van der Waals surface area contributed by atoms with E-state index in [0.717, 1.165) is 16.5 Å². The average Bonchev–Trinajstić information content (AvgIpc) is 3.46. The summed E-state index contributed by atoms with van der Waals surface area (Å²) in [5.41, 5.74) is 1.80. The van der Waals surface area contributed by atoms with E-state index in [-0.39, 0.29) is 35.8 Å². The minimum absolute atomic E-state index is 0.0472. The number of aryl methyl sites for hydroxylation is 1. The van der Waals surface area contributed by atoms with Gasteiger partial charge in [-0.3, -0.25) is 23.9 Å². The van der Waals surface area contributed by atoms with Gasteiger partial charge in [0, 0.05) is 68.4 Å². The number of hydrogen-bond donors (Lipinski definition) is 1. The largest absolute Gasteiger partial charge is 0.388 e. The molecule has 2 saturated heterocycles. The number of rotatable bonds is 5. The summed E-state index contributed by atoms with van der Waals surface area (Å²) in [4.78, 5) is 53.3. The Morgan fingerprint density at radius 2 is 1.76 bits per heavy atom. The van der Waals surface area contributed by atoms with Crippen molar-refractivity contribution in [3.05, 3.63) is 107 Å². The van der Waals surface area contributed by atoms with Crippen LogP contribution in [0.5, 0.6) is 0 Å². The summed E-state index contributed by atoms with van der Waals surface area (Å²) in [6, 6.07) is 21.1. The average molecular weight is 605 g/mol. The van der Waals surface area contributed by atoms with Gasteiger partial charge in [-0.25, -0.2) is 4.98 Å². The number of amides is 2. The molecule has 2 aliphatic rings. The van der Waals surface area contributed by atoms with Crippen molar-refractivity contribution in [1.29, 1.82) is 0 Å². The third kappa shape index (κ3) is 5.50. The second-order valence-corrected chi connectivity index (χ2v) is 12.5. The molecule has 2 aliphatic heterocycles. The van der Waals surface area contributed by atoms with E-state index < -0.39 is 5.60 Å². The first-order valence-electron chi connectivity index (χ1n) is 15.5. The first-order valence-corrected chi connectivity index (χ1v) is 15.5. The maximum atomic E-state index is 14.1. The Hall–Kier alpha value is -4.83. The summed E-state index contributed by atoms with van der Waals surface area (Å²) in [6.07, 6.45) is 6.31. The Labute approximate surface area is 260 Å². The van der Waals surface area contributed by atoms with Gasteiger partial charge in [-0.15, -0.1) is 0 Å². The fourth-order valence-corrected chi connectivity index (χ4v) is 7.01. The monoisotopic (exact) mass is 604 g/mol. The molecule has 2 fully saturated rings. The molecule has 10 heteroatoms. The summed E-state index contributed by atoms with van der Waals surface area (Å²) < 4.78 is 3.27. The predicted molar refractivity (Wildman–Crippen MR) is 171 cm³/mol. The molecule has 0 bridgehead atoms. The van der Waals surface area contributed by atoms with E-state index >= 15 is 0 Å². The van der Waals surface area contributed by atoms with Gasteiger partial charge in [-0.2, -0.15) is 0 Å². The van der Waals surface area contributed by atoms with Gasteiger partial charge in [0.05, 0.1) is 23.0 Å². The van der Waals surface area contributed by atoms with Gasteiger partial charge in [0.1, 0.15) is 12.0 Å². The Morgan fingerprint density at radius 1 is 0.956 bits per heavy atom. The Balaban J connectivity index is 1.05. The lowest BCUT2D eigenvalue weighted by molar-refractivity contribution is -0.142. The lowest BCUT2D eigenvalue weighted by atomic mass is 9.79. The van der Waals surface area contributed by atoms with Crippen LogP contribution in [0.4, 0.5) is 0 Å². The Bertz CT molecular complexity index is 1940. The van der Waals surface area contributed by atoms with E-state index in [4.69, 9.17) is 0 Å². The zero-order valence-electron chi connectivity index (χ0n) is 25.2. The van der Waals surface area contributed by atoms with Gasteiger partial charge >= 0.3 is 0 Å². The highest BCUT2D eigenvalue weighted by Crippen LogP contribution is 2.36. The molecule has 2 atom stereocenters. The number of aromatic nitrogens is 4. The molecule has 230 valence electrons. The normalized spacial score (nSPS) is 20.0. The summed E-state index contributed by atoms with van der Waals surface area (Å²) in [6.45, 7) is 1.86. The van der Waals surface area contributed by atoms with Crippen LogP contribution in [0.1, 0.15) is 41.1 Å². The number of piperidine rings is 2. The van der Waals surface area contributed by atoms with Gasteiger partial charge in [-0.05, 0) is 55.2 Å². The summed E-state index contributed by atoms with van der Waals surface area (Å²) in [5.74, 6) is -0.425. The highest BCUT2D eigenvalue weighted by molar-refractivity contribution is 5.98. The lowest BCUT2D eigenvalue weighted by Crippen LogP contribution is -2.53. The molecule has 3 aromatic heterocycles. The second-order valence-electron chi connectivity index (χ2n) is 12.5. The molecule has 5 heterocycles. The van der Waals surface area contributed by atoms with Crippen LogP contribution in [-0.4, -0.2) is 77.6 Å². The van der Waals surface area contributed by atoms with Crippen LogP contribution in [0.3, 0.4) is 0 Å². The molecule has 1 N–H and O–H groups in total. The predicted octanol–water partition coefficient (Wildman–Crippen LogP) is 3.58. The zero-order valence-corrected chi connectivity index (χ0v) is 25.2. The second kappa shape index (κ2) is 11.6. The summed E-state index contributed by atoms with van der Waals surface area (Å²) in [7, 11) is 1.84. The number of likely N-dealkylation sites (tertiary alicyclic amines) is 2. The van der Waals surface area contributed by atoms with Crippen LogP contribution in [0.15, 0.2) is 90.2 Å². The van der Waals surface area contributed by atoms with Crippen molar-refractivity contribution >= 4 is 33.8 Å². The maximum absolute atomic E-state index is 14.1. The van der Waals surface area contributed by atoms with E-state index in [1.165, 1.54) is 10.9 Å². The van der Waals surface area contributed by atoms with E-state index in [0.29, 0.717) is 62.0 Å². The number of nitrogens with zero attached hydrogens (tertiary/aromatic N) is 6. The highest BCUT2D eigenvalue weighted by Gasteiger charge is 2.41. The maximum Gasteiger partial charge on any atom is 0.262 e. The van der Waals surface area contributed by atoms with Crippen molar-refractivity contribution < 1.29 is 14.7 Å². The SMILES string of the molecule is Cn1ccc2c(=O)n(CC3(O)CCN(C(=O)[C@@H]4CCN(C(=O)c5ccc6ncccc6c5)C[C@H]4c4ccccc4)CC3)cnc21. The Kier molecular flexibility index (Phi) is 7.45. The van der Waals surface area contributed by atoms with Gasteiger partial charge < -0.3 is 19.5 Å². The van der Waals surface area contributed by atoms with Crippen LogP contribution < -0.4 is 5.56 Å². The number of benzene rings is 2. The van der Waals surface area contributed by atoms with Crippen molar-refractivity contribution in [2.75, 3.05) is 26.2 Å². The number of fused-ring (bicyclic) bond motifs is 2. The minimum atomic E-state index is -1.12. The quantitative estimate of drug-likeness (QED) is 0.328. The van der Waals surface area contributed by atoms with Crippen molar-refractivity contribution in [2.45, 2.75) is 37.3 Å². The molecule has 2 amide bonds. The highest BCUT2D eigenvalue weighted by atomic mass is 16.3. The molecule has 45 heavy (non-hydrogen) atoms. The first kappa shape index (κ1) is 28.9. The topological polar surface area (TPSA) is 114 Å². The number of pyridine rings is 1. The van der Waals surface area contributed by atoms with Gasteiger partial charge in [0.2, 0.25) is 5.91 Å². The molecule has 0 unspecified atom stereocenters. The van der Waals surface area contributed by atoms with Crippen molar-refractivity contribution in [3.63, 3.8) is 0 Å². The van der Waals surface area contributed by atoms with Crippen LogP contribution in [0.25, 0.3) is 21.9 Å². The molecule has 0 spiro atoms. The lowest BCUT2D eigenvalue weighted by Gasteiger charge is -2.43. The molecule has 10 nitrogen and oxygen atoms in total. The van der Waals surface area contributed by atoms with Crippen LogP contribution in [0.2, 0.25) is 0 Å². The van der Waals surface area contributed by atoms with Gasteiger partial charge in [0.15, 0.2) is 0 Å². The van der Waals surface area contributed by atoms with E-state index in [1.807, 2.05) is 77.5 Å². The molecule has 5 aromatic rings. The molecular weight excluding hydrogens is 568 g/mol.